The minimum Gasteiger partial charge on any atom is -0.475 e. The molecule has 250 valence electrons. The van der Waals surface area contributed by atoms with E-state index in [1.54, 1.807) is 25.1 Å². The second kappa shape index (κ2) is 16.8. The summed E-state index contributed by atoms with van der Waals surface area (Å²) >= 11 is 5.84. The molecule has 0 bridgehead atoms. The number of hydrogen-bond donors (Lipinski definition) is 6. The highest BCUT2D eigenvalue weighted by Crippen LogP contribution is 2.23. The molecule has 3 rings (SSSR count). The Hall–Kier alpha value is -4.19. The number of carboxylic acid groups (broad SMARTS) is 2. The van der Waals surface area contributed by atoms with Crippen LogP contribution in [0.3, 0.4) is 0 Å². The zero-order valence-corrected chi connectivity index (χ0v) is 24.3. The van der Waals surface area contributed by atoms with E-state index >= 15 is 0 Å². The molecule has 2 aromatic rings. The number of aryl methyl sites for hydroxylation is 1. The van der Waals surface area contributed by atoms with Crippen molar-refractivity contribution in [3.63, 3.8) is 0 Å². The van der Waals surface area contributed by atoms with Gasteiger partial charge in [-0.25, -0.2) is 19.0 Å². The molecule has 2 heterocycles. The van der Waals surface area contributed by atoms with Crippen LogP contribution in [0, 0.1) is 18.7 Å². The van der Waals surface area contributed by atoms with Crippen molar-refractivity contribution < 1.29 is 60.1 Å². The Bertz CT molecular complexity index is 1340. The van der Waals surface area contributed by atoms with Crippen molar-refractivity contribution in [1.29, 1.82) is 0 Å². The van der Waals surface area contributed by atoms with E-state index in [0.717, 1.165) is 16.8 Å². The third-order valence-electron chi connectivity index (χ3n) is 5.95. The van der Waals surface area contributed by atoms with E-state index in [2.05, 4.69) is 20.9 Å². The number of amides is 2. The average Bonchev–Trinajstić information content (AvgIpc) is 3.38. The van der Waals surface area contributed by atoms with Gasteiger partial charge in [0.15, 0.2) is 0 Å². The van der Waals surface area contributed by atoms with Crippen molar-refractivity contribution in [1.82, 2.24) is 20.9 Å². The number of halogens is 8. The van der Waals surface area contributed by atoms with Crippen LogP contribution in [0.4, 0.5) is 36.6 Å². The first-order valence-electron chi connectivity index (χ1n) is 12.7. The zero-order chi connectivity index (χ0) is 34.7. The SMILES string of the molecule is Cc1nc(N)ccc1CNC(=O)C(C)NC(=O)[C@H]1C[C@H](Cc2ccc(F)c(Cl)c2)CN1.O=C(O)C(F)(F)F.O=C(O)C(F)(F)F. The lowest BCUT2D eigenvalue weighted by Crippen LogP contribution is -2.50. The van der Waals surface area contributed by atoms with Crippen molar-refractivity contribution in [2.24, 2.45) is 5.92 Å². The van der Waals surface area contributed by atoms with Crippen LogP contribution < -0.4 is 21.7 Å². The van der Waals surface area contributed by atoms with Gasteiger partial charge in [-0.05, 0) is 68.5 Å². The lowest BCUT2D eigenvalue weighted by molar-refractivity contribution is -0.193. The van der Waals surface area contributed by atoms with Gasteiger partial charge in [0.1, 0.15) is 17.7 Å². The largest absolute Gasteiger partial charge is 0.490 e. The molecule has 1 aliphatic rings. The standard InChI is InChI=1S/C22H27ClFN5O2.2C2HF3O2/c1-12-16(4-6-20(25)28-12)11-27-21(30)13(2)29-22(31)19-9-15(10-26-19)7-14-3-5-18(24)17(23)8-14;2*3-2(4,5)1(6)7/h3-6,8,13,15,19,26H,7,9-11H2,1-2H3,(H2,25,28)(H,27,30)(H,29,31);2*(H,6,7)/t13?,15-,19+;;/m0../s1. The van der Waals surface area contributed by atoms with E-state index < -0.39 is 36.2 Å². The number of rotatable bonds is 7. The summed E-state index contributed by atoms with van der Waals surface area (Å²) in [6, 6.07) is 7.13. The van der Waals surface area contributed by atoms with Crippen LogP contribution in [0.1, 0.15) is 30.2 Å². The van der Waals surface area contributed by atoms with Gasteiger partial charge in [-0.15, -0.1) is 0 Å². The monoisotopic (exact) mass is 675 g/mol. The summed E-state index contributed by atoms with van der Waals surface area (Å²) in [4.78, 5) is 46.9. The molecule has 3 atom stereocenters. The number of nitrogens with two attached hydrogens (primary N) is 1. The summed E-state index contributed by atoms with van der Waals surface area (Å²) < 4.78 is 76.8. The number of hydrogen-bond acceptors (Lipinski definition) is 7. The van der Waals surface area contributed by atoms with E-state index in [0.29, 0.717) is 31.7 Å². The highest BCUT2D eigenvalue weighted by atomic mass is 35.5. The Labute approximate surface area is 256 Å². The van der Waals surface area contributed by atoms with Gasteiger partial charge in [-0.3, -0.25) is 9.59 Å². The second-order valence-corrected chi connectivity index (χ2v) is 9.96. The lowest BCUT2D eigenvalue weighted by Gasteiger charge is -2.17. The zero-order valence-electron chi connectivity index (χ0n) is 23.5. The van der Waals surface area contributed by atoms with Gasteiger partial charge in [0.25, 0.3) is 0 Å². The van der Waals surface area contributed by atoms with E-state index in [1.165, 1.54) is 6.07 Å². The molecule has 7 N–H and O–H groups in total. The van der Waals surface area contributed by atoms with E-state index in [1.807, 2.05) is 13.0 Å². The molecule has 1 aromatic carbocycles. The van der Waals surface area contributed by atoms with Crippen LogP contribution in [0.5, 0.6) is 0 Å². The summed E-state index contributed by atoms with van der Waals surface area (Å²) in [6.45, 7) is 4.44. The number of anilines is 1. The van der Waals surface area contributed by atoms with Crippen LogP contribution in [-0.4, -0.2) is 69.9 Å². The summed E-state index contributed by atoms with van der Waals surface area (Å²) in [5, 5.41) is 23.1. The summed E-state index contributed by atoms with van der Waals surface area (Å²) in [5.74, 6) is -5.80. The van der Waals surface area contributed by atoms with Crippen molar-refractivity contribution in [3.05, 3.63) is 58.0 Å². The normalized spacial score (nSPS) is 16.7. The number of carbonyl (C=O) groups excluding carboxylic acids is 2. The third-order valence-corrected chi connectivity index (χ3v) is 6.24. The molecule has 0 aliphatic carbocycles. The van der Waals surface area contributed by atoms with Crippen molar-refractivity contribution in [3.8, 4) is 0 Å². The molecule has 0 spiro atoms. The van der Waals surface area contributed by atoms with Crippen LogP contribution >= 0.6 is 11.6 Å². The molecule has 1 aliphatic heterocycles. The number of aliphatic carboxylic acids is 2. The van der Waals surface area contributed by atoms with Gasteiger partial charge in [0.05, 0.1) is 11.1 Å². The fourth-order valence-corrected chi connectivity index (χ4v) is 3.88. The molecule has 11 nitrogen and oxygen atoms in total. The van der Waals surface area contributed by atoms with Crippen LogP contribution in [0.25, 0.3) is 0 Å². The fraction of sp³-hybridized carbons (Fsp3) is 0.423. The van der Waals surface area contributed by atoms with Crippen molar-refractivity contribution in [2.75, 3.05) is 12.3 Å². The Morgan fingerprint density at radius 3 is 2.11 bits per heavy atom. The number of alkyl halides is 6. The number of aromatic nitrogens is 1. The minimum atomic E-state index is -5.08. The van der Waals surface area contributed by atoms with E-state index in [-0.39, 0.29) is 28.8 Å². The number of nitrogens with one attached hydrogen (secondary N) is 3. The molecule has 19 heteroatoms. The molecule has 2 amide bonds. The smallest absolute Gasteiger partial charge is 0.475 e. The van der Waals surface area contributed by atoms with Crippen LogP contribution in [0.2, 0.25) is 5.02 Å². The van der Waals surface area contributed by atoms with Gasteiger partial charge in [0.2, 0.25) is 11.8 Å². The summed E-state index contributed by atoms with van der Waals surface area (Å²) in [7, 11) is 0. The molecular formula is C26H29ClF7N5O6. The number of carboxylic acids is 2. The third kappa shape index (κ3) is 14.0. The molecule has 1 saturated heterocycles. The van der Waals surface area contributed by atoms with Gasteiger partial charge >= 0.3 is 24.3 Å². The first kappa shape index (κ1) is 38.8. The maximum atomic E-state index is 13.3. The van der Waals surface area contributed by atoms with E-state index in [4.69, 9.17) is 37.1 Å². The number of carbonyl (C=O) groups is 4. The Morgan fingerprint density at radius 1 is 1.07 bits per heavy atom. The topological polar surface area (TPSA) is 184 Å². The Balaban J connectivity index is 0.000000601. The van der Waals surface area contributed by atoms with Gasteiger partial charge < -0.3 is 31.9 Å². The fourth-order valence-electron chi connectivity index (χ4n) is 3.68. The molecule has 45 heavy (non-hydrogen) atoms. The molecule has 0 radical (unpaired) electrons. The van der Waals surface area contributed by atoms with Gasteiger partial charge in [-0.2, -0.15) is 26.3 Å². The first-order valence-corrected chi connectivity index (χ1v) is 13.1. The predicted molar refractivity (Wildman–Crippen MR) is 145 cm³/mol. The van der Waals surface area contributed by atoms with E-state index in [9.17, 15) is 40.3 Å². The van der Waals surface area contributed by atoms with Gasteiger partial charge in [-0.1, -0.05) is 23.7 Å². The second-order valence-electron chi connectivity index (χ2n) is 9.55. The summed E-state index contributed by atoms with van der Waals surface area (Å²) in [6.07, 6.45) is -8.84. The number of pyridine rings is 1. The predicted octanol–water partition coefficient (Wildman–Crippen LogP) is 3.37. The average molecular weight is 676 g/mol. The molecule has 1 fully saturated rings. The number of nitrogens with zero attached hydrogens (tertiary/aromatic N) is 1. The molecule has 0 saturated carbocycles. The first-order chi connectivity index (χ1) is 20.6. The highest BCUT2D eigenvalue weighted by molar-refractivity contribution is 6.30. The highest BCUT2D eigenvalue weighted by Gasteiger charge is 2.39. The summed E-state index contributed by atoms with van der Waals surface area (Å²) in [5.41, 5.74) is 8.18. The number of benzene rings is 1. The Morgan fingerprint density at radius 2 is 1.62 bits per heavy atom. The number of nitrogen functional groups attached to an aromatic ring is 1. The Kier molecular flexibility index (Phi) is 14.5. The van der Waals surface area contributed by atoms with Crippen LogP contribution in [-0.2, 0) is 32.1 Å². The molecular weight excluding hydrogens is 647 g/mol. The minimum absolute atomic E-state index is 0.0996. The molecule has 1 aromatic heterocycles. The maximum Gasteiger partial charge on any atom is 0.490 e. The lowest BCUT2D eigenvalue weighted by atomic mass is 9.96. The quantitative estimate of drug-likeness (QED) is 0.240. The van der Waals surface area contributed by atoms with Crippen molar-refractivity contribution >= 4 is 41.2 Å². The van der Waals surface area contributed by atoms with Crippen molar-refractivity contribution in [2.45, 2.75) is 57.7 Å². The van der Waals surface area contributed by atoms with Gasteiger partial charge in [0, 0.05) is 12.2 Å². The molecule has 1 unspecified atom stereocenters. The maximum absolute atomic E-state index is 13.3. The van der Waals surface area contributed by atoms with Crippen LogP contribution in [0.15, 0.2) is 30.3 Å².